The largest absolute Gasteiger partial charge is 0.361 e. The lowest BCUT2D eigenvalue weighted by molar-refractivity contribution is -0.122. The second-order valence-electron chi connectivity index (χ2n) is 5.25. The van der Waals surface area contributed by atoms with Crippen molar-refractivity contribution in [2.24, 2.45) is 5.73 Å². The average Bonchev–Trinajstić information content (AvgIpc) is 2.83. The van der Waals surface area contributed by atoms with E-state index in [2.05, 4.69) is 29.4 Å². The molecule has 2 rings (SSSR count). The molecular weight excluding hydrogens is 286 g/mol. The molecule has 0 aliphatic rings. The van der Waals surface area contributed by atoms with Gasteiger partial charge in [-0.1, -0.05) is 25.5 Å². The molecule has 0 saturated heterocycles. The summed E-state index contributed by atoms with van der Waals surface area (Å²) in [6.45, 7) is 4.76. The summed E-state index contributed by atoms with van der Waals surface area (Å²) in [7, 11) is 0. The van der Waals surface area contributed by atoms with E-state index in [0.29, 0.717) is 6.54 Å². The summed E-state index contributed by atoms with van der Waals surface area (Å²) in [6, 6.07) is 5.84. The monoisotopic (exact) mass is 309 g/mol. The highest BCUT2D eigenvalue weighted by Crippen LogP contribution is 2.22. The Hall–Kier alpha value is -1.52. The molecule has 1 aromatic carbocycles. The van der Waals surface area contributed by atoms with Crippen LogP contribution in [0.3, 0.4) is 0 Å². The Kier molecular flexibility index (Phi) is 6.72. The molecule has 0 aliphatic heterocycles. The molecule has 1 aromatic heterocycles. The number of aromatic nitrogens is 1. The van der Waals surface area contributed by atoms with Crippen molar-refractivity contribution in [3.8, 4) is 0 Å². The SMILES string of the molecule is CCCC(N)C(=O)NCCc1c[nH]c2cccc(C)c12.Cl. The average molecular weight is 310 g/mol. The zero-order valence-electron chi connectivity index (χ0n) is 12.6. The van der Waals surface area contributed by atoms with Crippen LogP contribution in [-0.4, -0.2) is 23.5 Å². The fraction of sp³-hybridized carbons (Fsp3) is 0.438. The summed E-state index contributed by atoms with van der Waals surface area (Å²) in [6.07, 6.45) is 4.50. The van der Waals surface area contributed by atoms with E-state index in [4.69, 9.17) is 5.73 Å². The highest BCUT2D eigenvalue weighted by Gasteiger charge is 2.12. The van der Waals surface area contributed by atoms with Crippen LogP contribution in [0.1, 0.15) is 30.9 Å². The number of halogens is 1. The van der Waals surface area contributed by atoms with E-state index < -0.39 is 0 Å². The van der Waals surface area contributed by atoms with Gasteiger partial charge in [-0.05, 0) is 37.0 Å². The van der Waals surface area contributed by atoms with Gasteiger partial charge in [0.15, 0.2) is 0 Å². The number of H-pyrrole nitrogens is 1. The van der Waals surface area contributed by atoms with Gasteiger partial charge in [-0.2, -0.15) is 0 Å². The normalized spacial score (nSPS) is 12.0. The van der Waals surface area contributed by atoms with Gasteiger partial charge in [-0.15, -0.1) is 12.4 Å². The number of aryl methyl sites for hydroxylation is 1. The highest BCUT2D eigenvalue weighted by molar-refractivity contribution is 5.86. The minimum absolute atomic E-state index is 0. The highest BCUT2D eigenvalue weighted by atomic mass is 35.5. The summed E-state index contributed by atoms with van der Waals surface area (Å²) >= 11 is 0. The van der Waals surface area contributed by atoms with Crippen LogP contribution in [0.5, 0.6) is 0 Å². The molecule has 0 saturated carbocycles. The second kappa shape index (κ2) is 8.05. The van der Waals surface area contributed by atoms with Crippen molar-refractivity contribution in [1.29, 1.82) is 0 Å². The lowest BCUT2D eigenvalue weighted by Gasteiger charge is -2.11. The fourth-order valence-electron chi connectivity index (χ4n) is 2.54. The molecule has 0 aliphatic carbocycles. The molecule has 0 bridgehead atoms. The standard InChI is InChI=1S/C16H23N3O.ClH/c1-3-5-13(17)16(20)18-9-8-12-10-19-14-7-4-6-11(2)15(12)14;/h4,6-7,10,13,19H,3,5,8-9,17H2,1-2H3,(H,18,20);1H. The van der Waals surface area contributed by atoms with Gasteiger partial charge in [0.2, 0.25) is 5.91 Å². The molecule has 1 unspecified atom stereocenters. The Morgan fingerprint density at radius 2 is 2.19 bits per heavy atom. The number of carbonyl (C=O) groups is 1. The van der Waals surface area contributed by atoms with Gasteiger partial charge in [0.05, 0.1) is 6.04 Å². The first-order valence-corrected chi connectivity index (χ1v) is 7.22. The minimum atomic E-state index is -0.385. The molecule has 5 heteroatoms. The third-order valence-corrected chi connectivity index (χ3v) is 3.63. The second-order valence-corrected chi connectivity index (χ2v) is 5.25. The van der Waals surface area contributed by atoms with Crippen molar-refractivity contribution in [3.05, 3.63) is 35.5 Å². The van der Waals surface area contributed by atoms with Crippen LogP contribution in [0, 0.1) is 6.92 Å². The lowest BCUT2D eigenvalue weighted by Crippen LogP contribution is -2.41. The predicted molar refractivity (Wildman–Crippen MR) is 89.9 cm³/mol. The summed E-state index contributed by atoms with van der Waals surface area (Å²) in [5.41, 5.74) is 9.43. The van der Waals surface area contributed by atoms with Crippen LogP contribution in [-0.2, 0) is 11.2 Å². The van der Waals surface area contributed by atoms with Gasteiger partial charge in [0, 0.05) is 23.6 Å². The van der Waals surface area contributed by atoms with Crippen molar-refractivity contribution >= 4 is 29.2 Å². The Balaban J connectivity index is 0.00000220. The zero-order valence-corrected chi connectivity index (χ0v) is 13.4. The van der Waals surface area contributed by atoms with E-state index in [1.165, 1.54) is 16.5 Å². The minimum Gasteiger partial charge on any atom is -0.361 e. The Bertz CT molecular complexity index is 594. The number of rotatable bonds is 6. The number of fused-ring (bicyclic) bond motifs is 1. The van der Waals surface area contributed by atoms with Gasteiger partial charge in [-0.3, -0.25) is 4.79 Å². The van der Waals surface area contributed by atoms with Gasteiger partial charge in [0.25, 0.3) is 0 Å². The molecule has 1 heterocycles. The molecular formula is C16H24ClN3O. The van der Waals surface area contributed by atoms with E-state index in [9.17, 15) is 4.79 Å². The van der Waals surface area contributed by atoms with Crippen LogP contribution in [0.15, 0.2) is 24.4 Å². The first-order valence-electron chi connectivity index (χ1n) is 7.22. The van der Waals surface area contributed by atoms with Crippen LogP contribution in [0.25, 0.3) is 10.9 Å². The number of nitrogens with two attached hydrogens (primary N) is 1. The molecule has 21 heavy (non-hydrogen) atoms. The van der Waals surface area contributed by atoms with Crippen molar-refractivity contribution in [2.45, 2.75) is 39.2 Å². The third-order valence-electron chi connectivity index (χ3n) is 3.63. The van der Waals surface area contributed by atoms with Gasteiger partial charge in [-0.25, -0.2) is 0 Å². The van der Waals surface area contributed by atoms with Crippen molar-refractivity contribution in [2.75, 3.05) is 6.54 Å². The smallest absolute Gasteiger partial charge is 0.236 e. The summed E-state index contributed by atoms with van der Waals surface area (Å²) in [5.74, 6) is -0.0524. The maximum Gasteiger partial charge on any atom is 0.236 e. The molecule has 1 amide bonds. The Morgan fingerprint density at radius 3 is 2.90 bits per heavy atom. The van der Waals surface area contributed by atoms with E-state index in [0.717, 1.165) is 24.8 Å². The molecule has 0 radical (unpaired) electrons. The molecule has 4 N–H and O–H groups in total. The summed E-state index contributed by atoms with van der Waals surface area (Å²) in [5, 5.41) is 4.18. The van der Waals surface area contributed by atoms with Gasteiger partial charge >= 0.3 is 0 Å². The van der Waals surface area contributed by atoms with Crippen molar-refractivity contribution in [3.63, 3.8) is 0 Å². The number of benzene rings is 1. The molecule has 2 aromatic rings. The number of carbonyl (C=O) groups excluding carboxylic acids is 1. The summed E-state index contributed by atoms with van der Waals surface area (Å²) < 4.78 is 0. The van der Waals surface area contributed by atoms with Crippen molar-refractivity contribution in [1.82, 2.24) is 10.3 Å². The predicted octanol–water partition coefficient (Wildman–Crippen LogP) is 2.68. The van der Waals surface area contributed by atoms with Gasteiger partial charge < -0.3 is 16.0 Å². The first kappa shape index (κ1) is 17.5. The van der Waals surface area contributed by atoms with E-state index >= 15 is 0 Å². The zero-order chi connectivity index (χ0) is 14.5. The fourth-order valence-corrected chi connectivity index (χ4v) is 2.54. The Morgan fingerprint density at radius 1 is 1.43 bits per heavy atom. The quantitative estimate of drug-likeness (QED) is 0.767. The van der Waals surface area contributed by atoms with E-state index in [1.807, 2.05) is 19.2 Å². The molecule has 4 nitrogen and oxygen atoms in total. The molecule has 0 fully saturated rings. The Labute approximate surface area is 131 Å². The topological polar surface area (TPSA) is 70.9 Å². The maximum absolute atomic E-state index is 11.7. The first-order chi connectivity index (χ1) is 9.63. The number of amides is 1. The number of aromatic amines is 1. The maximum atomic E-state index is 11.7. The molecule has 0 spiro atoms. The van der Waals surface area contributed by atoms with Crippen LogP contribution in [0.4, 0.5) is 0 Å². The van der Waals surface area contributed by atoms with Crippen molar-refractivity contribution < 1.29 is 4.79 Å². The van der Waals surface area contributed by atoms with Crippen LogP contribution >= 0.6 is 12.4 Å². The third kappa shape index (κ3) is 4.22. The number of hydrogen-bond acceptors (Lipinski definition) is 2. The van der Waals surface area contributed by atoms with Gasteiger partial charge in [0.1, 0.15) is 0 Å². The lowest BCUT2D eigenvalue weighted by atomic mass is 10.1. The van der Waals surface area contributed by atoms with Crippen LogP contribution in [0.2, 0.25) is 0 Å². The number of hydrogen-bond donors (Lipinski definition) is 3. The summed E-state index contributed by atoms with van der Waals surface area (Å²) in [4.78, 5) is 15.0. The molecule has 1 atom stereocenters. The van der Waals surface area contributed by atoms with E-state index in [-0.39, 0.29) is 24.4 Å². The van der Waals surface area contributed by atoms with E-state index in [1.54, 1.807) is 0 Å². The number of nitrogens with one attached hydrogen (secondary N) is 2. The molecule has 116 valence electrons. The van der Waals surface area contributed by atoms with Crippen LogP contribution < -0.4 is 11.1 Å².